The third-order valence-corrected chi connectivity index (χ3v) is 5.37. The lowest BCUT2D eigenvalue weighted by Crippen LogP contribution is -2.12. The molecule has 8 heteroatoms. The molecule has 0 amide bonds. The second-order valence-electron chi connectivity index (χ2n) is 7.62. The summed E-state index contributed by atoms with van der Waals surface area (Å²) in [5, 5.41) is 8.80. The molecule has 0 fully saturated rings. The number of pyridine rings is 1. The third kappa shape index (κ3) is 3.76. The van der Waals surface area contributed by atoms with Crippen molar-refractivity contribution in [2.45, 2.75) is 20.8 Å². The smallest absolute Gasteiger partial charge is 0.343 e. The van der Waals surface area contributed by atoms with Gasteiger partial charge in [0.25, 0.3) is 0 Å². The number of nitrogens with zero attached hydrogens (tertiary/aromatic N) is 5. The first-order valence-electron chi connectivity index (χ1n) is 10.7. The van der Waals surface area contributed by atoms with E-state index in [1.165, 1.54) is 6.20 Å². The lowest BCUT2D eigenvalue weighted by molar-refractivity contribution is 0.0527. The molecule has 8 nitrogen and oxygen atoms in total. The van der Waals surface area contributed by atoms with Crippen LogP contribution in [0.3, 0.4) is 0 Å². The van der Waals surface area contributed by atoms with Crippen molar-refractivity contribution in [2.24, 2.45) is 0 Å². The van der Waals surface area contributed by atoms with Crippen molar-refractivity contribution in [1.29, 1.82) is 0 Å². The first-order chi connectivity index (χ1) is 16.0. The molecule has 3 aromatic heterocycles. The molecular formula is C25H22N6O2. The van der Waals surface area contributed by atoms with Crippen molar-refractivity contribution in [3.63, 3.8) is 0 Å². The van der Waals surface area contributed by atoms with E-state index >= 15 is 0 Å². The van der Waals surface area contributed by atoms with Crippen LogP contribution in [0.15, 0.2) is 60.8 Å². The number of carbonyl (C=O) groups is 1. The zero-order chi connectivity index (χ0) is 22.9. The number of ether oxygens (including phenoxy) is 1. The Bertz CT molecular complexity index is 1510. The van der Waals surface area contributed by atoms with Gasteiger partial charge in [0, 0.05) is 5.39 Å². The van der Waals surface area contributed by atoms with Crippen LogP contribution in [0.25, 0.3) is 27.8 Å². The van der Waals surface area contributed by atoms with E-state index in [4.69, 9.17) is 14.7 Å². The van der Waals surface area contributed by atoms with Gasteiger partial charge in [0.1, 0.15) is 5.56 Å². The van der Waals surface area contributed by atoms with Crippen molar-refractivity contribution < 1.29 is 9.53 Å². The van der Waals surface area contributed by atoms with Gasteiger partial charge < -0.3 is 10.1 Å². The molecule has 33 heavy (non-hydrogen) atoms. The average molecular weight is 438 g/mol. The Labute approximate surface area is 190 Å². The normalized spacial score (nSPS) is 11.1. The van der Waals surface area contributed by atoms with Gasteiger partial charge >= 0.3 is 5.97 Å². The molecule has 0 aliphatic carbocycles. The monoisotopic (exact) mass is 438 g/mol. The molecule has 0 bridgehead atoms. The minimum atomic E-state index is -0.477. The molecule has 164 valence electrons. The number of hydrogen-bond donors (Lipinski definition) is 1. The fraction of sp³-hybridized carbons (Fsp3) is 0.160. The second kappa shape index (κ2) is 8.31. The van der Waals surface area contributed by atoms with Crippen LogP contribution in [0.4, 0.5) is 11.6 Å². The minimum Gasteiger partial charge on any atom is -0.462 e. The quantitative estimate of drug-likeness (QED) is 0.390. The van der Waals surface area contributed by atoms with Gasteiger partial charge in [-0.2, -0.15) is 9.78 Å². The maximum absolute atomic E-state index is 12.7. The van der Waals surface area contributed by atoms with Crippen LogP contribution >= 0.6 is 0 Å². The summed E-state index contributed by atoms with van der Waals surface area (Å²) in [6.45, 7) is 5.91. The molecule has 0 aliphatic rings. The Morgan fingerprint density at radius 1 is 0.970 bits per heavy atom. The Morgan fingerprint density at radius 2 is 1.67 bits per heavy atom. The zero-order valence-electron chi connectivity index (χ0n) is 18.5. The summed E-state index contributed by atoms with van der Waals surface area (Å²) < 4.78 is 6.86. The van der Waals surface area contributed by atoms with Crippen LogP contribution < -0.4 is 5.32 Å². The van der Waals surface area contributed by atoms with Crippen LogP contribution in [-0.4, -0.2) is 37.3 Å². The lowest BCUT2D eigenvalue weighted by Gasteiger charge is -2.14. The van der Waals surface area contributed by atoms with Crippen molar-refractivity contribution in [1.82, 2.24) is 24.7 Å². The molecule has 5 aromatic rings. The van der Waals surface area contributed by atoms with E-state index in [1.54, 1.807) is 11.6 Å². The third-order valence-electron chi connectivity index (χ3n) is 5.37. The molecule has 0 unspecified atom stereocenters. The average Bonchev–Trinajstić information content (AvgIpc) is 3.23. The molecule has 2 aromatic carbocycles. The SMILES string of the molecule is CCOC(=O)c1cnn(-c2cc(C)c3ccccc3n2)c1Nc1nc2ccccc2nc1C. The summed E-state index contributed by atoms with van der Waals surface area (Å²) in [6, 6.07) is 17.5. The van der Waals surface area contributed by atoms with Crippen LogP contribution in [0.1, 0.15) is 28.5 Å². The molecule has 0 spiro atoms. The number of esters is 1. The highest BCUT2D eigenvalue weighted by molar-refractivity contribution is 5.96. The lowest BCUT2D eigenvalue weighted by atomic mass is 10.1. The molecule has 5 rings (SSSR count). The van der Waals surface area contributed by atoms with Gasteiger partial charge in [-0.05, 0) is 50.6 Å². The summed E-state index contributed by atoms with van der Waals surface area (Å²) in [5.41, 5.74) is 4.42. The van der Waals surface area contributed by atoms with E-state index in [1.807, 2.05) is 68.4 Å². The van der Waals surface area contributed by atoms with Gasteiger partial charge in [0.15, 0.2) is 17.5 Å². The number of benzene rings is 2. The number of para-hydroxylation sites is 3. The number of fused-ring (bicyclic) bond motifs is 2. The Morgan fingerprint density at radius 3 is 2.42 bits per heavy atom. The van der Waals surface area contributed by atoms with Gasteiger partial charge in [-0.3, -0.25) is 0 Å². The zero-order valence-corrected chi connectivity index (χ0v) is 18.5. The number of rotatable bonds is 5. The molecule has 0 saturated heterocycles. The van der Waals surface area contributed by atoms with Crippen LogP contribution in [0, 0.1) is 13.8 Å². The number of aromatic nitrogens is 5. The largest absolute Gasteiger partial charge is 0.462 e. The highest BCUT2D eigenvalue weighted by atomic mass is 16.5. The molecular weight excluding hydrogens is 416 g/mol. The van der Waals surface area contributed by atoms with E-state index in [9.17, 15) is 4.79 Å². The summed E-state index contributed by atoms with van der Waals surface area (Å²) >= 11 is 0. The van der Waals surface area contributed by atoms with Crippen molar-refractivity contribution >= 4 is 39.5 Å². The van der Waals surface area contributed by atoms with Crippen molar-refractivity contribution in [2.75, 3.05) is 11.9 Å². The Balaban J connectivity index is 1.67. The number of nitrogens with one attached hydrogen (secondary N) is 1. The van der Waals surface area contributed by atoms with E-state index in [2.05, 4.69) is 15.4 Å². The molecule has 0 atom stereocenters. The standard InChI is InChI=1S/C25H22N6O2/c1-4-33-25(32)18-14-26-31(22-13-15(2)17-9-5-6-10-19(17)28-22)24(18)30-23-16(3)27-20-11-7-8-12-21(20)29-23/h5-14H,4H2,1-3H3,(H,29,30). The molecule has 3 heterocycles. The highest BCUT2D eigenvalue weighted by Crippen LogP contribution is 2.28. The molecule has 0 saturated carbocycles. The minimum absolute atomic E-state index is 0.256. The van der Waals surface area contributed by atoms with Gasteiger partial charge in [-0.15, -0.1) is 0 Å². The predicted octanol–water partition coefficient (Wildman–Crippen LogP) is 4.90. The van der Waals surface area contributed by atoms with Gasteiger partial charge in [-0.1, -0.05) is 30.3 Å². The molecule has 0 radical (unpaired) electrons. The van der Waals surface area contributed by atoms with E-state index in [0.29, 0.717) is 28.7 Å². The topological polar surface area (TPSA) is 94.8 Å². The number of carbonyl (C=O) groups excluding carboxylic acids is 1. The molecule has 1 N–H and O–H groups in total. The van der Waals surface area contributed by atoms with E-state index < -0.39 is 5.97 Å². The van der Waals surface area contributed by atoms with Crippen LogP contribution in [0.5, 0.6) is 0 Å². The fourth-order valence-corrected chi connectivity index (χ4v) is 3.76. The predicted molar refractivity (Wildman–Crippen MR) is 127 cm³/mol. The summed E-state index contributed by atoms with van der Waals surface area (Å²) in [5.74, 6) is 1.05. The summed E-state index contributed by atoms with van der Waals surface area (Å²) in [7, 11) is 0. The van der Waals surface area contributed by atoms with Crippen molar-refractivity contribution in [3.05, 3.63) is 77.6 Å². The Hall–Kier alpha value is -4.33. The van der Waals surface area contributed by atoms with Crippen molar-refractivity contribution in [3.8, 4) is 5.82 Å². The van der Waals surface area contributed by atoms with Gasteiger partial charge in [0.2, 0.25) is 0 Å². The van der Waals surface area contributed by atoms with Gasteiger partial charge in [-0.25, -0.2) is 19.7 Å². The maximum Gasteiger partial charge on any atom is 0.343 e. The van der Waals surface area contributed by atoms with Crippen LogP contribution in [-0.2, 0) is 4.74 Å². The van der Waals surface area contributed by atoms with E-state index in [0.717, 1.165) is 27.5 Å². The van der Waals surface area contributed by atoms with Crippen LogP contribution in [0.2, 0.25) is 0 Å². The first kappa shape index (κ1) is 20.6. The Kier molecular flexibility index (Phi) is 5.18. The van der Waals surface area contributed by atoms with E-state index in [-0.39, 0.29) is 6.61 Å². The first-order valence-corrected chi connectivity index (χ1v) is 10.7. The highest BCUT2D eigenvalue weighted by Gasteiger charge is 2.22. The maximum atomic E-state index is 12.7. The summed E-state index contributed by atoms with van der Waals surface area (Å²) in [4.78, 5) is 26.8. The fourth-order valence-electron chi connectivity index (χ4n) is 3.76. The number of aryl methyl sites for hydroxylation is 2. The molecule has 0 aliphatic heterocycles. The second-order valence-corrected chi connectivity index (χ2v) is 7.62. The van der Waals surface area contributed by atoms with Gasteiger partial charge in [0.05, 0.1) is 35.0 Å². The summed E-state index contributed by atoms with van der Waals surface area (Å²) in [6.07, 6.45) is 1.48. The number of hydrogen-bond acceptors (Lipinski definition) is 7. The number of anilines is 2.